The highest BCUT2D eigenvalue weighted by molar-refractivity contribution is 5.19. The second-order valence-corrected chi connectivity index (χ2v) is 5.70. The van der Waals surface area contributed by atoms with Gasteiger partial charge in [-0.25, -0.2) is 0 Å². The average molecular weight is 251 g/mol. The lowest BCUT2D eigenvalue weighted by Crippen LogP contribution is -2.26. The zero-order chi connectivity index (χ0) is 13.1. The summed E-state index contributed by atoms with van der Waals surface area (Å²) in [5.41, 5.74) is 6.72. The molecular formula is C15H25NO2. The summed E-state index contributed by atoms with van der Waals surface area (Å²) in [6, 6.07) is 2.02. The van der Waals surface area contributed by atoms with Crippen LogP contribution in [0.3, 0.4) is 0 Å². The molecule has 2 rings (SSSR count). The Bertz CT molecular complexity index is 386. The van der Waals surface area contributed by atoms with Gasteiger partial charge in [-0.3, -0.25) is 0 Å². The first-order valence-corrected chi connectivity index (χ1v) is 7.00. The van der Waals surface area contributed by atoms with Gasteiger partial charge in [0.15, 0.2) is 0 Å². The van der Waals surface area contributed by atoms with Crippen LogP contribution in [0.5, 0.6) is 0 Å². The fraction of sp³-hybridized carbons (Fsp3) is 0.733. The van der Waals surface area contributed by atoms with Crippen molar-refractivity contribution in [2.45, 2.75) is 59.3 Å². The zero-order valence-corrected chi connectivity index (χ0v) is 11.7. The van der Waals surface area contributed by atoms with Crippen LogP contribution in [0.15, 0.2) is 10.5 Å². The van der Waals surface area contributed by atoms with Crippen LogP contribution in [0, 0.1) is 18.8 Å². The van der Waals surface area contributed by atoms with Crippen molar-refractivity contribution in [1.29, 1.82) is 0 Å². The third-order valence-corrected chi connectivity index (χ3v) is 4.30. The van der Waals surface area contributed by atoms with Gasteiger partial charge >= 0.3 is 0 Å². The Balaban J connectivity index is 1.84. The van der Waals surface area contributed by atoms with E-state index < -0.39 is 0 Å². The topological polar surface area (TPSA) is 48.4 Å². The predicted octanol–water partition coefficient (Wildman–Crippen LogP) is 3.39. The first kappa shape index (κ1) is 13.6. The second kappa shape index (κ2) is 5.89. The molecule has 1 fully saturated rings. The number of furan rings is 1. The zero-order valence-electron chi connectivity index (χ0n) is 11.7. The first-order valence-electron chi connectivity index (χ1n) is 7.00. The van der Waals surface area contributed by atoms with E-state index in [1.807, 2.05) is 13.0 Å². The molecule has 0 spiro atoms. The molecule has 0 bridgehead atoms. The van der Waals surface area contributed by atoms with E-state index in [1.54, 1.807) is 0 Å². The molecule has 0 aromatic carbocycles. The molecule has 1 aromatic heterocycles. The predicted molar refractivity (Wildman–Crippen MR) is 72.1 cm³/mol. The molecule has 1 aliphatic rings. The normalized spacial score (nSPS) is 28.6. The van der Waals surface area contributed by atoms with Crippen molar-refractivity contribution in [3.8, 4) is 0 Å². The van der Waals surface area contributed by atoms with Gasteiger partial charge in [0, 0.05) is 12.1 Å². The van der Waals surface area contributed by atoms with Gasteiger partial charge in [0.1, 0.15) is 18.1 Å². The SMILES string of the molecule is Cc1oc(COC2CCC(C)C(C)C2)cc1CN. The van der Waals surface area contributed by atoms with Crippen LogP contribution in [0.1, 0.15) is 50.2 Å². The Labute approximate surface area is 110 Å². The summed E-state index contributed by atoms with van der Waals surface area (Å²) in [5, 5.41) is 0. The highest BCUT2D eigenvalue weighted by Gasteiger charge is 2.25. The lowest BCUT2D eigenvalue weighted by molar-refractivity contribution is -0.0141. The molecule has 3 atom stereocenters. The van der Waals surface area contributed by atoms with Crippen LogP contribution < -0.4 is 5.73 Å². The molecule has 3 unspecified atom stereocenters. The lowest BCUT2D eigenvalue weighted by atomic mass is 9.80. The molecule has 2 N–H and O–H groups in total. The highest BCUT2D eigenvalue weighted by atomic mass is 16.5. The van der Waals surface area contributed by atoms with E-state index in [1.165, 1.54) is 19.3 Å². The molecule has 0 aliphatic heterocycles. The third kappa shape index (κ3) is 3.15. The largest absolute Gasteiger partial charge is 0.464 e. The highest BCUT2D eigenvalue weighted by Crippen LogP contribution is 2.31. The molecule has 102 valence electrons. The van der Waals surface area contributed by atoms with Gasteiger partial charge in [-0.15, -0.1) is 0 Å². The summed E-state index contributed by atoms with van der Waals surface area (Å²) in [7, 11) is 0. The third-order valence-electron chi connectivity index (χ3n) is 4.30. The van der Waals surface area contributed by atoms with Crippen molar-refractivity contribution in [3.05, 3.63) is 23.2 Å². The number of hydrogen-bond donors (Lipinski definition) is 1. The first-order chi connectivity index (χ1) is 8.60. The van der Waals surface area contributed by atoms with Crippen LogP contribution in [-0.4, -0.2) is 6.10 Å². The van der Waals surface area contributed by atoms with E-state index in [9.17, 15) is 0 Å². The van der Waals surface area contributed by atoms with Crippen LogP contribution in [0.2, 0.25) is 0 Å². The van der Waals surface area contributed by atoms with Crippen LogP contribution >= 0.6 is 0 Å². The minimum Gasteiger partial charge on any atom is -0.464 e. The van der Waals surface area contributed by atoms with E-state index in [2.05, 4.69) is 13.8 Å². The molecule has 1 aromatic rings. The quantitative estimate of drug-likeness (QED) is 0.892. The molecular weight excluding hydrogens is 226 g/mol. The average Bonchev–Trinajstić information content (AvgIpc) is 2.71. The van der Waals surface area contributed by atoms with Crippen molar-refractivity contribution in [2.75, 3.05) is 0 Å². The monoisotopic (exact) mass is 251 g/mol. The Morgan fingerprint density at radius 3 is 2.72 bits per heavy atom. The smallest absolute Gasteiger partial charge is 0.130 e. The molecule has 0 saturated heterocycles. The summed E-state index contributed by atoms with van der Waals surface area (Å²) >= 11 is 0. The summed E-state index contributed by atoms with van der Waals surface area (Å²) in [5.74, 6) is 3.42. The molecule has 3 nitrogen and oxygen atoms in total. The second-order valence-electron chi connectivity index (χ2n) is 5.70. The number of aryl methyl sites for hydroxylation is 1. The van der Waals surface area contributed by atoms with Gasteiger partial charge in [-0.05, 0) is 44.1 Å². The summed E-state index contributed by atoms with van der Waals surface area (Å²) < 4.78 is 11.6. The van der Waals surface area contributed by atoms with Gasteiger partial charge < -0.3 is 14.9 Å². The summed E-state index contributed by atoms with van der Waals surface area (Å²) in [6.07, 6.45) is 4.01. The van der Waals surface area contributed by atoms with Gasteiger partial charge in [-0.2, -0.15) is 0 Å². The van der Waals surface area contributed by atoms with Crippen molar-refractivity contribution in [2.24, 2.45) is 17.6 Å². The molecule has 1 saturated carbocycles. The minimum absolute atomic E-state index is 0.392. The van der Waals surface area contributed by atoms with Crippen molar-refractivity contribution in [3.63, 3.8) is 0 Å². The van der Waals surface area contributed by atoms with Crippen LogP contribution in [0.4, 0.5) is 0 Å². The maximum absolute atomic E-state index is 5.97. The van der Waals surface area contributed by atoms with Crippen LogP contribution in [-0.2, 0) is 17.9 Å². The molecule has 18 heavy (non-hydrogen) atoms. The summed E-state index contributed by atoms with van der Waals surface area (Å²) in [4.78, 5) is 0. The number of hydrogen-bond acceptors (Lipinski definition) is 3. The number of nitrogens with two attached hydrogens (primary N) is 1. The fourth-order valence-corrected chi connectivity index (χ4v) is 2.71. The maximum Gasteiger partial charge on any atom is 0.130 e. The number of ether oxygens (including phenoxy) is 1. The molecule has 1 heterocycles. The van der Waals surface area contributed by atoms with Crippen molar-refractivity contribution < 1.29 is 9.15 Å². The Kier molecular flexibility index (Phi) is 4.46. The molecule has 0 radical (unpaired) electrons. The Morgan fingerprint density at radius 1 is 1.33 bits per heavy atom. The minimum atomic E-state index is 0.392. The van der Waals surface area contributed by atoms with Gasteiger partial charge in [0.05, 0.1) is 6.10 Å². The van der Waals surface area contributed by atoms with Gasteiger partial charge in [-0.1, -0.05) is 13.8 Å². The number of rotatable bonds is 4. The summed E-state index contributed by atoms with van der Waals surface area (Å²) in [6.45, 7) is 7.73. The van der Waals surface area contributed by atoms with Crippen molar-refractivity contribution >= 4 is 0 Å². The van der Waals surface area contributed by atoms with Crippen molar-refractivity contribution in [1.82, 2.24) is 0 Å². The van der Waals surface area contributed by atoms with E-state index in [4.69, 9.17) is 14.9 Å². The Morgan fingerprint density at radius 2 is 2.11 bits per heavy atom. The Hall–Kier alpha value is -0.800. The molecule has 3 heteroatoms. The lowest BCUT2D eigenvalue weighted by Gasteiger charge is -2.31. The van der Waals surface area contributed by atoms with E-state index in [0.717, 1.165) is 28.9 Å². The standard InChI is InChI=1S/C15H25NO2/c1-10-4-5-14(6-11(10)2)17-9-15-7-13(8-16)12(3)18-15/h7,10-11,14H,4-6,8-9,16H2,1-3H3. The molecule has 0 amide bonds. The molecule has 1 aliphatic carbocycles. The van der Waals surface area contributed by atoms with Crippen LogP contribution in [0.25, 0.3) is 0 Å². The van der Waals surface area contributed by atoms with E-state index >= 15 is 0 Å². The van der Waals surface area contributed by atoms with E-state index in [0.29, 0.717) is 19.3 Å². The van der Waals surface area contributed by atoms with Gasteiger partial charge in [0.2, 0.25) is 0 Å². The van der Waals surface area contributed by atoms with Gasteiger partial charge in [0.25, 0.3) is 0 Å². The maximum atomic E-state index is 5.97. The van der Waals surface area contributed by atoms with E-state index in [-0.39, 0.29) is 0 Å². The fourth-order valence-electron chi connectivity index (χ4n) is 2.71.